The van der Waals surface area contributed by atoms with Crippen molar-refractivity contribution in [1.82, 2.24) is 0 Å². The van der Waals surface area contributed by atoms with Gasteiger partial charge in [0.15, 0.2) is 0 Å². The zero-order valence-corrected chi connectivity index (χ0v) is 13.5. The molecule has 2 aromatic carbocycles. The number of methoxy groups -OCH3 is 1. The van der Waals surface area contributed by atoms with Crippen molar-refractivity contribution in [3.8, 4) is 5.75 Å². The number of carboxylic acid groups (broad SMARTS) is 1. The van der Waals surface area contributed by atoms with Crippen LogP contribution in [0.15, 0.2) is 47.4 Å². The maximum absolute atomic E-state index is 12.5. The van der Waals surface area contributed by atoms with Crippen LogP contribution in [0.25, 0.3) is 0 Å². The third kappa shape index (κ3) is 4.23. The van der Waals surface area contributed by atoms with Crippen molar-refractivity contribution in [2.24, 2.45) is 0 Å². The highest BCUT2D eigenvalue weighted by Gasteiger charge is 2.18. The normalized spacial score (nSPS) is 11.0. The summed E-state index contributed by atoms with van der Waals surface area (Å²) >= 11 is 0. The van der Waals surface area contributed by atoms with Crippen molar-refractivity contribution in [2.75, 3.05) is 11.8 Å². The van der Waals surface area contributed by atoms with E-state index in [9.17, 15) is 18.3 Å². The minimum Gasteiger partial charge on any atom is -0.550 e. The number of carboxylic acids is 1. The number of anilines is 1. The summed E-state index contributed by atoms with van der Waals surface area (Å²) < 4.78 is 32.5. The van der Waals surface area contributed by atoms with Crippen molar-refractivity contribution < 1.29 is 23.1 Å². The molecule has 0 unspecified atom stereocenters. The quantitative estimate of drug-likeness (QED) is 0.853. The van der Waals surface area contributed by atoms with E-state index in [2.05, 4.69) is 4.72 Å². The monoisotopic (exact) mass is 334 g/mol. The molecule has 0 saturated heterocycles. The number of benzene rings is 2. The molecule has 0 aliphatic heterocycles. The van der Waals surface area contributed by atoms with Gasteiger partial charge in [-0.2, -0.15) is 0 Å². The standard InChI is InChI=1S/C16H17NO5S/c1-11-3-8-14(22-2)10-15(11)23(20,21)17-13-6-4-12(5-7-13)9-16(18)19/h3-8,10,17H,9H2,1-2H3,(H,18,19)/p-1. The van der Waals surface area contributed by atoms with Crippen LogP contribution in [0.3, 0.4) is 0 Å². The van der Waals surface area contributed by atoms with Gasteiger partial charge in [-0.05, 0) is 36.2 Å². The number of aliphatic carboxylic acids is 1. The molecule has 0 saturated carbocycles. The predicted molar refractivity (Wildman–Crippen MR) is 83.7 cm³/mol. The van der Waals surface area contributed by atoms with E-state index in [0.29, 0.717) is 22.6 Å². The molecule has 122 valence electrons. The second kappa shape index (κ2) is 6.70. The molecule has 2 rings (SSSR count). The fourth-order valence-corrected chi connectivity index (χ4v) is 3.38. The Hall–Kier alpha value is -2.54. The average Bonchev–Trinajstić information content (AvgIpc) is 2.49. The van der Waals surface area contributed by atoms with E-state index in [1.54, 1.807) is 19.1 Å². The van der Waals surface area contributed by atoms with Crippen LogP contribution in [0.4, 0.5) is 5.69 Å². The van der Waals surface area contributed by atoms with Gasteiger partial charge < -0.3 is 14.6 Å². The molecular weight excluding hydrogens is 318 g/mol. The molecule has 7 heteroatoms. The van der Waals surface area contributed by atoms with Crippen LogP contribution in [-0.2, 0) is 21.2 Å². The molecule has 6 nitrogen and oxygen atoms in total. The van der Waals surface area contributed by atoms with E-state index < -0.39 is 16.0 Å². The van der Waals surface area contributed by atoms with Crippen molar-refractivity contribution >= 4 is 21.7 Å². The first-order valence-corrected chi connectivity index (χ1v) is 8.26. The summed E-state index contributed by atoms with van der Waals surface area (Å²) in [5.41, 5.74) is 1.46. The first kappa shape index (κ1) is 16.8. The molecule has 0 heterocycles. The van der Waals surface area contributed by atoms with Gasteiger partial charge in [0.1, 0.15) is 5.75 Å². The van der Waals surface area contributed by atoms with E-state index in [1.807, 2.05) is 0 Å². The van der Waals surface area contributed by atoms with Crippen LogP contribution in [0.5, 0.6) is 5.75 Å². The van der Waals surface area contributed by atoms with Gasteiger partial charge >= 0.3 is 0 Å². The third-order valence-corrected chi connectivity index (χ3v) is 4.76. The Morgan fingerprint density at radius 3 is 2.39 bits per heavy atom. The fourth-order valence-electron chi connectivity index (χ4n) is 2.06. The number of hydrogen-bond donors (Lipinski definition) is 1. The molecule has 0 radical (unpaired) electrons. The molecule has 0 amide bonds. The van der Waals surface area contributed by atoms with Gasteiger partial charge in [-0.15, -0.1) is 0 Å². The molecular formula is C16H16NO5S-. The number of ether oxygens (including phenoxy) is 1. The molecule has 0 atom stereocenters. The van der Waals surface area contributed by atoms with Crippen molar-refractivity contribution in [3.63, 3.8) is 0 Å². The second-order valence-electron chi connectivity index (χ2n) is 4.98. The summed E-state index contributed by atoms with van der Waals surface area (Å²) in [5, 5.41) is 10.5. The Morgan fingerprint density at radius 2 is 1.83 bits per heavy atom. The molecule has 0 fully saturated rings. The molecule has 0 aliphatic rings. The highest BCUT2D eigenvalue weighted by atomic mass is 32.2. The van der Waals surface area contributed by atoms with E-state index in [0.717, 1.165) is 0 Å². The van der Waals surface area contributed by atoms with Crippen molar-refractivity contribution in [1.29, 1.82) is 0 Å². The summed E-state index contributed by atoms with van der Waals surface area (Å²) in [7, 11) is -2.31. The summed E-state index contributed by atoms with van der Waals surface area (Å²) in [6.07, 6.45) is -0.220. The minimum absolute atomic E-state index is 0.121. The second-order valence-corrected chi connectivity index (χ2v) is 6.63. The van der Waals surface area contributed by atoms with Gasteiger partial charge in [-0.25, -0.2) is 8.42 Å². The lowest BCUT2D eigenvalue weighted by atomic mass is 10.1. The van der Waals surface area contributed by atoms with Crippen LogP contribution < -0.4 is 14.6 Å². The maximum atomic E-state index is 12.5. The van der Waals surface area contributed by atoms with Crippen LogP contribution in [0.2, 0.25) is 0 Å². The predicted octanol–water partition coefficient (Wildman–Crippen LogP) is 1.10. The third-order valence-electron chi connectivity index (χ3n) is 3.24. The number of sulfonamides is 1. The zero-order valence-electron chi connectivity index (χ0n) is 12.7. The first-order chi connectivity index (χ1) is 10.8. The lowest BCUT2D eigenvalue weighted by Gasteiger charge is -2.12. The summed E-state index contributed by atoms with van der Waals surface area (Å²) in [6.45, 7) is 1.69. The van der Waals surface area contributed by atoms with Gasteiger partial charge in [0.2, 0.25) is 0 Å². The molecule has 23 heavy (non-hydrogen) atoms. The SMILES string of the molecule is COc1ccc(C)c(S(=O)(=O)Nc2ccc(CC(=O)[O-])cc2)c1. The van der Waals surface area contributed by atoms with Crippen LogP contribution >= 0.6 is 0 Å². The number of aryl methyl sites for hydroxylation is 1. The summed E-state index contributed by atoms with van der Waals surface area (Å²) in [4.78, 5) is 10.7. The van der Waals surface area contributed by atoms with E-state index in [-0.39, 0.29) is 11.3 Å². The Bertz CT molecular complexity index is 813. The number of hydrogen-bond acceptors (Lipinski definition) is 5. The average molecular weight is 334 g/mol. The van der Waals surface area contributed by atoms with Crippen LogP contribution in [-0.4, -0.2) is 21.5 Å². The van der Waals surface area contributed by atoms with Gasteiger partial charge in [0.05, 0.1) is 12.0 Å². The summed E-state index contributed by atoms with van der Waals surface area (Å²) in [6, 6.07) is 10.9. The lowest BCUT2D eigenvalue weighted by Crippen LogP contribution is -2.24. The fraction of sp³-hybridized carbons (Fsp3) is 0.188. The molecule has 1 N–H and O–H groups in total. The zero-order chi connectivity index (χ0) is 17.0. The summed E-state index contributed by atoms with van der Waals surface area (Å²) in [5.74, 6) is -0.745. The molecule has 0 aromatic heterocycles. The Balaban J connectivity index is 2.26. The van der Waals surface area contributed by atoms with Gasteiger partial charge in [-0.3, -0.25) is 4.72 Å². The Labute approximate surface area is 134 Å². The molecule has 0 bridgehead atoms. The highest BCUT2D eigenvalue weighted by Crippen LogP contribution is 2.24. The number of nitrogens with one attached hydrogen (secondary N) is 1. The van der Waals surface area contributed by atoms with Gasteiger partial charge in [0.25, 0.3) is 10.0 Å². The van der Waals surface area contributed by atoms with Gasteiger partial charge in [0, 0.05) is 24.1 Å². The molecule has 0 spiro atoms. The van der Waals surface area contributed by atoms with Crippen LogP contribution in [0.1, 0.15) is 11.1 Å². The largest absolute Gasteiger partial charge is 0.550 e. The van der Waals surface area contributed by atoms with E-state index in [4.69, 9.17) is 4.74 Å². The topological polar surface area (TPSA) is 95.5 Å². The Morgan fingerprint density at radius 1 is 1.17 bits per heavy atom. The number of carbonyl (C=O) groups excluding carboxylic acids is 1. The first-order valence-electron chi connectivity index (χ1n) is 6.78. The van der Waals surface area contributed by atoms with Crippen molar-refractivity contribution in [3.05, 3.63) is 53.6 Å². The maximum Gasteiger partial charge on any atom is 0.262 e. The minimum atomic E-state index is -3.77. The number of rotatable bonds is 6. The van der Waals surface area contributed by atoms with E-state index >= 15 is 0 Å². The lowest BCUT2D eigenvalue weighted by molar-refractivity contribution is -0.304. The van der Waals surface area contributed by atoms with Crippen LogP contribution in [0, 0.1) is 6.92 Å². The Kier molecular flexibility index (Phi) is 4.90. The van der Waals surface area contributed by atoms with Gasteiger partial charge in [-0.1, -0.05) is 18.2 Å². The highest BCUT2D eigenvalue weighted by molar-refractivity contribution is 7.92. The van der Waals surface area contributed by atoms with Crippen molar-refractivity contribution in [2.45, 2.75) is 18.2 Å². The number of carbonyl (C=O) groups is 1. The smallest absolute Gasteiger partial charge is 0.262 e. The molecule has 0 aliphatic carbocycles. The van der Waals surface area contributed by atoms with E-state index in [1.165, 1.54) is 37.4 Å². The molecule has 2 aromatic rings.